The second kappa shape index (κ2) is 2.85. The van der Waals surface area contributed by atoms with E-state index in [1.807, 2.05) is 19.9 Å². The minimum absolute atomic E-state index is 0.367. The van der Waals surface area contributed by atoms with Gasteiger partial charge in [0.15, 0.2) is 0 Å². The molecule has 0 saturated heterocycles. The van der Waals surface area contributed by atoms with Crippen LogP contribution < -0.4 is 5.76 Å². The van der Waals surface area contributed by atoms with Crippen LogP contribution in [0, 0.1) is 13.8 Å². The average Bonchev–Trinajstić information content (AvgIpc) is 2.61. The summed E-state index contributed by atoms with van der Waals surface area (Å²) in [7, 11) is 0. The third kappa shape index (κ3) is 1.42. The minimum atomic E-state index is -0.515. The number of thiophene rings is 1. The quantitative estimate of drug-likeness (QED) is 0.755. The lowest BCUT2D eigenvalue weighted by atomic mass is 10.3. The van der Waals surface area contributed by atoms with E-state index in [0.29, 0.717) is 5.89 Å². The summed E-state index contributed by atoms with van der Waals surface area (Å²) in [4.78, 5) is 12.8. The van der Waals surface area contributed by atoms with Crippen LogP contribution in [0.2, 0.25) is 0 Å². The fourth-order valence-corrected chi connectivity index (χ4v) is 1.97. The summed E-state index contributed by atoms with van der Waals surface area (Å²) in [6.07, 6.45) is 0. The molecule has 2 rings (SSSR count). The summed E-state index contributed by atoms with van der Waals surface area (Å²) in [5, 5.41) is 5.98. The monoisotopic (exact) mass is 196 g/mol. The zero-order chi connectivity index (χ0) is 9.42. The van der Waals surface area contributed by atoms with Crippen molar-refractivity contribution in [3.63, 3.8) is 0 Å². The molecule has 0 aliphatic carbocycles. The molecule has 13 heavy (non-hydrogen) atoms. The molecule has 4 nitrogen and oxygen atoms in total. The van der Waals surface area contributed by atoms with Crippen molar-refractivity contribution < 1.29 is 4.42 Å². The van der Waals surface area contributed by atoms with Gasteiger partial charge in [-0.1, -0.05) is 0 Å². The van der Waals surface area contributed by atoms with Crippen molar-refractivity contribution in [3.05, 3.63) is 27.1 Å². The topological polar surface area (TPSA) is 58.9 Å². The van der Waals surface area contributed by atoms with Crippen molar-refractivity contribution in [3.8, 4) is 10.8 Å². The molecule has 1 N–H and O–H groups in total. The first kappa shape index (κ1) is 8.25. The summed E-state index contributed by atoms with van der Waals surface area (Å²) in [6.45, 7) is 4.04. The highest BCUT2D eigenvalue weighted by Gasteiger charge is 2.09. The number of H-pyrrole nitrogens is 1. The van der Waals surface area contributed by atoms with Crippen molar-refractivity contribution in [1.82, 2.24) is 10.2 Å². The normalized spacial score (nSPS) is 10.6. The van der Waals surface area contributed by atoms with E-state index < -0.39 is 5.76 Å². The standard InChI is InChI=1S/C8H8N2O2S/c1-4-3-6(13-5(4)2)7-9-10-8(11)12-7/h3H,1-2H3,(H,10,11). The van der Waals surface area contributed by atoms with Gasteiger partial charge < -0.3 is 4.42 Å². The lowest BCUT2D eigenvalue weighted by molar-refractivity contribution is 0.528. The molecule has 0 fully saturated rings. The van der Waals surface area contributed by atoms with Crippen LogP contribution in [-0.4, -0.2) is 10.2 Å². The van der Waals surface area contributed by atoms with Gasteiger partial charge in [0.1, 0.15) is 0 Å². The van der Waals surface area contributed by atoms with Crippen LogP contribution >= 0.6 is 11.3 Å². The Labute approximate surface area is 78.2 Å². The van der Waals surface area contributed by atoms with Crippen LogP contribution in [0.3, 0.4) is 0 Å². The molecule has 5 heteroatoms. The molecule has 0 bridgehead atoms. The lowest BCUT2D eigenvalue weighted by Crippen LogP contribution is -1.93. The van der Waals surface area contributed by atoms with E-state index in [2.05, 4.69) is 10.2 Å². The number of nitrogens with zero attached hydrogens (tertiary/aromatic N) is 1. The van der Waals surface area contributed by atoms with Crippen LogP contribution in [0.4, 0.5) is 0 Å². The second-order valence-electron chi connectivity index (χ2n) is 2.77. The average molecular weight is 196 g/mol. The van der Waals surface area contributed by atoms with E-state index in [-0.39, 0.29) is 0 Å². The van der Waals surface area contributed by atoms with Crippen LogP contribution in [-0.2, 0) is 0 Å². The Kier molecular flexibility index (Phi) is 1.81. The van der Waals surface area contributed by atoms with Crippen LogP contribution in [0.15, 0.2) is 15.3 Å². The van der Waals surface area contributed by atoms with Crippen LogP contribution in [0.5, 0.6) is 0 Å². The lowest BCUT2D eigenvalue weighted by Gasteiger charge is -1.82. The summed E-state index contributed by atoms with van der Waals surface area (Å²) >= 11 is 1.57. The van der Waals surface area contributed by atoms with E-state index in [1.165, 1.54) is 10.4 Å². The Hall–Kier alpha value is -1.36. The first-order valence-corrected chi connectivity index (χ1v) is 4.61. The molecule has 0 unspecified atom stereocenters. The predicted molar refractivity (Wildman–Crippen MR) is 49.9 cm³/mol. The molecule has 0 aromatic carbocycles. The maximum absolute atomic E-state index is 10.7. The third-order valence-electron chi connectivity index (χ3n) is 1.81. The van der Waals surface area contributed by atoms with E-state index in [4.69, 9.17) is 4.42 Å². The first-order valence-electron chi connectivity index (χ1n) is 3.80. The van der Waals surface area contributed by atoms with Crippen molar-refractivity contribution in [2.24, 2.45) is 0 Å². The van der Waals surface area contributed by atoms with Gasteiger partial charge in [0.25, 0.3) is 5.89 Å². The van der Waals surface area contributed by atoms with Gasteiger partial charge in [-0.3, -0.25) is 0 Å². The Morgan fingerprint density at radius 1 is 1.54 bits per heavy atom. The number of nitrogens with one attached hydrogen (secondary N) is 1. The Morgan fingerprint density at radius 2 is 2.31 bits per heavy atom. The van der Waals surface area contributed by atoms with Crippen molar-refractivity contribution in [2.75, 3.05) is 0 Å². The fourth-order valence-electron chi connectivity index (χ4n) is 1.01. The zero-order valence-corrected chi connectivity index (χ0v) is 8.07. The maximum atomic E-state index is 10.7. The van der Waals surface area contributed by atoms with Crippen molar-refractivity contribution in [1.29, 1.82) is 0 Å². The van der Waals surface area contributed by atoms with Gasteiger partial charge in [0.05, 0.1) is 4.88 Å². The fraction of sp³-hybridized carbons (Fsp3) is 0.250. The minimum Gasteiger partial charge on any atom is -0.387 e. The van der Waals surface area contributed by atoms with E-state index in [9.17, 15) is 4.79 Å². The number of aryl methyl sites for hydroxylation is 2. The van der Waals surface area contributed by atoms with Gasteiger partial charge in [-0.2, -0.15) is 0 Å². The molecular formula is C8H8N2O2S. The van der Waals surface area contributed by atoms with E-state index >= 15 is 0 Å². The molecule has 0 spiro atoms. The zero-order valence-electron chi connectivity index (χ0n) is 7.25. The van der Waals surface area contributed by atoms with Gasteiger partial charge >= 0.3 is 5.76 Å². The maximum Gasteiger partial charge on any atom is 0.434 e. The molecule has 0 radical (unpaired) electrons. The molecular weight excluding hydrogens is 188 g/mol. The van der Waals surface area contributed by atoms with Crippen LogP contribution in [0.1, 0.15) is 10.4 Å². The molecule has 0 aliphatic heterocycles. The molecule has 0 aliphatic rings. The van der Waals surface area contributed by atoms with Gasteiger partial charge in [0, 0.05) is 4.88 Å². The Balaban J connectivity index is 2.52. The number of hydrogen-bond acceptors (Lipinski definition) is 4. The summed E-state index contributed by atoms with van der Waals surface area (Å²) in [6, 6.07) is 1.96. The summed E-state index contributed by atoms with van der Waals surface area (Å²) in [5.74, 6) is -0.148. The van der Waals surface area contributed by atoms with Gasteiger partial charge in [-0.25, -0.2) is 9.89 Å². The van der Waals surface area contributed by atoms with Crippen LogP contribution in [0.25, 0.3) is 10.8 Å². The predicted octanol–water partition coefficient (Wildman–Crippen LogP) is 1.71. The van der Waals surface area contributed by atoms with Gasteiger partial charge in [0.2, 0.25) is 0 Å². The van der Waals surface area contributed by atoms with Crippen molar-refractivity contribution >= 4 is 11.3 Å². The molecule has 2 aromatic heterocycles. The Bertz CT molecular complexity index is 461. The summed E-state index contributed by atoms with van der Waals surface area (Å²) in [5.41, 5.74) is 1.19. The SMILES string of the molecule is Cc1cc(-c2n[nH]c(=O)o2)sc1C. The molecule has 2 aromatic rings. The highest BCUT2D eigenvalue weighted by molar-refractivity contribution is 7.15. The van der Waals surface area contributed by atoms with Gasteiger partial charge in [-0.15, -0.1) is 16.4 Å². The first-order chi connectivity index (χ1) is 6.16. The molecule has 0 amide bonds. The second-order valence-corrected chi connectivity index (χ2v) is 4.02. The smallest absolute Gasteiger partial charge is 0.387 e. The number of rotatable bonds is 1. The molecule has 0 atom stereocenters. The number of aromatic amines is 1. The van der Waals surface area contributed by atoms with E-state index in [0.717, 1.165) is 4.88 Å². The highest BCUT2D eigenvalue weighted by atomic mass is 32.1. The van der Waals surface area contributed by atoms with Crippen molar-refractivity contribution in [2.45, 2.75) is 13.8 Å². The summed E-state index contributed by atoms with van der Waals surface area (Å²) < 4.78 is 4.83. The largest absolute Gasteiger partial charge is 0.434 e. The number of aromatic nitrogens is 2. The molecule has 2 heterocycles. The third-order valence-corrected chi connectivity index (χ3v) is 2.96. The highest BCUT2D eigenvalue weighted by Crippen LogP contribution is 2.28. The molecule has 68 valence electrons. The van der Waals surface area contributed by atoms with Gasteiger partial charge in [-0.05, 0) is 25.5 Å². The number of hydrogen-bond donors (Lipinski definition) is 1. The molecule has 0 saturated carbocycles. The van der Waals surface area contributed by atoms with E-state index in [1.54, 1.807) is 11.3 Å². The Morgan fingerprint density at radius 3 is 2.77 bits per heavy atom.